The first kappa shape index (κ1) is 14.8. The fourth-order valence-corrected chi connectivity index (χ4v) is 2.76. The molecule has 1 amide bonds. The third-order valence-corrected chi connectivity index (χ3v) is 4.11. The number of benzene rings is 2. The Kier molecular flexibility index (Phi) is 4.93. The highest BCUT2D eigenvalue weighted by Gasteiger charge is 2.07. The molecule has 0 fully saturated rings. The molecule has 2 aromatic rings. The average molecular weight is 307 g/mol. The maximum absolute atomic E-state index is 11.9. The van der Waals surface area contributed by atoms with Crippen LogP contribution in [0.5, 0.6) is 0 Å². The van der Waals surface area contributed by atoms with E-state index in [2.05, 4.69) is 5.32 Å². The van der Waals surface area contributed by atoms with Crippen LogP contribution >= 0.6 is 23.4 Å². The molecule has 0 radical (unpaired) electrons. The topological polar surface area (TPSA) is 55.1 Å². The highest BCUT2D eigenvalue weighted by molar-refractivity contribution is 8.00. The van der Waals surface area contributed by atoms with Gasteiger partial charge in [-0.1, -0.05) is 23.7 Å². The molecular weight excluding hydrogens is 292 g/mol. The molecule has 0 aliphatic rings. The van der Waals surface area contributed by atoms with Gasteiger partial charge in [-0.15, -0.1) is 11.8 Å². The first-order valence-electron chi connectivity index (χ1n) is 6.09. The van der Waals surface area contributed by atoms with Crippen molar-refractivity contribution >= 4 is 40.6 Å². The summed E-state index contributed by atoms with van der Waals surface area (Å²) in [7, 11) is 0. The molecule has 0 aromatic heterocycles. The van der Waals surface area contributed by atoms with Crippen LogP contribution in [-0.4, -0.2) is 11.7 Å². The fraction of sp³-hybridized carbons (Fsp3) is 0.133. The lowest BCUT2D eigenvalue weighted by atomic mass is 10.2. The second kappa shape index (κ2) is 6.68. The highest BCUT2D eigenvalue weighted by Crippen LogP contribution is 2.29. The summed E-state index contributed by atoms with van der Waals surface area (Å²) in [5.41, 5.74) is 8.24. The number of nitrogens with one attached hydrogen (secondary N) is 1. The molecule has 0 aliphatic carbocycles. The maximum Gasteiger partial charge on any atom is 0.234 e. The molecule has 0 bridgehead atoms. The van der Waals surface area contributed by atoms with Gasteiger partial charge in [0.15, 0.2) is 0 Å². The van der Waals surface area contributed by atoms with E-state index in [4.69, 9.17) is 17.3 Å². The molecule has 0 aliphatic heterocycles. The Morgan fingerprint density at radius 1 is 1.30 bits per heavy atom. The molecule has 0 saturated heterocycles. The van der Waals surface area contributed by atoms with Gasteiger partial charge in [0.1, 0.15) is 0 Å². The van der Waals surface area contributed by atoms with E-state index in [1.54, 1.807) is 18.2 Å². The summed E-state index contributed by atoms with van der Waals surface area (Å²) in [5, 5.41) is 3.46. The number of hydrogen-bond acceptors (Lipinski definition) is 3. The van der Waals surface area contributed by atoms with E-state index in [-0.39, 0.29) is 11.7 Å². The standard InChI is InChI=1S/C15H15ClN2OS/c1-10-3-2-4-12(7-10)18-15(19)9-20-14-8-11(17)5-6-13(14)16/h2-8H,9,17H2,1H3,(H,18,19). The van der Waals surface area contributed by atoms with Crippen LogP contribution in [-0.2, 0) is 4.79 Å². The quantitative estimate of drug-likeness (QED) is 0.664. The van der Waals surface area contributed by atoms with Gasteiger partial charge in [-0.2, -0.15) is 0 Å². The first-order valence-corrected chi connectivity index (χ1v) is 7.45. The zero-order valence-corrected chi connectivity index (χ0v) is 12.6. The van der Waals surface area contributed by atoms with Gasteiger partial charge in [0.2, 0.25) is 5.91 Å². The molecule has 2 aromatic carbocycles. The predicted octanol–water partition coefficient (Wildman–Crippen LogP) is 3.96. The van der Waals surface area contributed by atoms with Crippen molar-refractivity contribution in [3.63, 3.8) is 0 Å². The average Bonchev–Trinajstić information content (AvgIpc) is 2.40. The number of amides is 1. The molecule has 104 valence electrons. The van der Waals surface area contributed by atoms with Crippen LogP contribution < -0.4 is 11.1 Å². The van der Waals surface area contributed by atoms with Crippen molar-refractivity contribution in [3.05, 3.63) is 53.1 Å². The Morgan fingerprint density at radius 2 is 2.10 bits per heavy atom. The highest BCUT2D eigenvalue weighted by atomic mass is 35.5. The lowest BCUT2D eigenvalue weighted by Gasteiger charge is -2.07. The number of nitrogens with two attached hydrogens (primary N) is 1. The van der Waals surface area contributed by atoms with Crippen LogP contribution in [0.15, 0.2) is 47.4 Å². The molecule has 0 atom stereocenters. The summed E-state index contributed by atoms with van der Waals surface area (Å²) in [6.07, 6.45) is 0. The molecule has 0 unspecified atom stereocenters. The van der Waals surface area contributed by atoms with Gasteiger partial charge in [0.25, 0.3) is 0 Å². The van der Waals surface area contributed by atoms with Gasteiger partial charge < -0.3 is 11.1 Å². The normalized spacial score (nSPS) is 10.3. The first-order chi connectivity index (χ1) is 9.54. The summed E-state index contributed by atoms with van der Waals surface area (Å²) in [6, 6.07) is 12.9. The summed E-state index contributed by atoms with van der Waals surface area (Å²) in [4.78, 5) is 12.7. The molecule has 2 rings (SSSR count). The monoisotopic (exact) mass is 306 g/mol. The van der Waals surface area contributed by atoms with Crippen molar-refractivity contribution in [2.24, 2.45) is 0 Å². The Labute approximate surface area is 127 Å². The van der Waals surface area contributed by atoms with E-state index < -0.39 is 0 Å². The van der Waals surface area contributed by atoms with E-state index in [0.717, 1.165) is 16.1 Å². The van der Waals surface area contributed by atoms with E-state index in [9.17, 15) is 4.79 Å². The summed E-state index contributed by atoms with van der Waals surface area (Å²) in [6.45, 7) is 1.98. The van der Waals surface area contributed by atoms with Crippen molar-refractivity contribution < 1.29 is 4.79 Å². The number of anilines is 2. The molecule has 0 saturated carbocycles. The number of thioether (sulfide) groups is 1. The number of carbonyl (C=O) groups is 1. The molecule has 3 nitrogen and oxygen atoms in total. The van der Waals surface area contributed by atoms with Gasteiger partial charge in [0, 0.05) is 16.3 Å². The molecule has 0 spiro atoms. The van der Waals surface area contributed by atoms with Crippen LogP contribution in [0.3, 0.4) is 0 Å². The van der Waals surface area contributed by atoms with Crippen LogP contribution in [0, 0.1) is 6.92 Å². The van der Waals surface area contributed by atoms with Crippen molar-refractivity contribution in [3.8, 4) is 0 Å². The number of nitrogen functional groups attached to an aromatic ring is 1. The Morgan fingerprint density at radius 3 is 2.85 bits per heavy atom. The van der Waals surface area contributed by atoms with Gasteiger partial charge in [-0.25, -0.2) is 0 Å². The lowest BCUT2D eigenvalue weighted by molar-refractivity contribution is -0.113. The van der Waals surface area contributed by atoms with Crippen LogP contribution in [0.1, 0.15) is 5.56 Å². The van der Waals surface area contributed by atoms with Crippen molar-refractivity contribution in [2.75, 3.05) is 16.8 Å². The molecule has 0 heterocycles. The molecule has 3 N–H and O–H groups in total. The molecular formula is C15H15ClN2OS. The zero-order chi connectivity index (χ0) is 14.5. The van der Waals surface area contributed by atoms with Gasteiger partial charge in [-0.3, -0.25) is 4.79 Å². The van der Waals surface area contributed by atoms with Crippen LogP contribution in [0.2, 0.25) is 5.02 Å². The number of carbonyl (C=O) groups excluding carboxylic acids is 1. The largest absolute Gasteiger partial charge is 0.399 e. The van der Waals surface area contributed by atoms with Gasteiger partial charge in [-0.05, 0) is 42.8 Å². The van der Waals surface area contributed by atoms with Crippen molar-refractivity contribution in [1.29, 1.82) is 0 Å². The SMILES string of the molecule is Cc1cccc(NC(=O)CSc2cc(N)ccc2Cl)c1. The fourth-order valence-electron chi connectivity index (χ4n) is 1.69. The third kappa shape index (κ3) is 4.18. The van der Waals surface area contributed by atoms with E-state index in [0.29, 0.717) is 10.7 Å². The Hall–Kier alpha value is -1.65. The number of rotatable bonds is 4. The Balaban J connectivity index is 1.94. The minimum absolute atomic E-state index is 0.0703. The third-order valence-electron chi connectivity index (χ3n) is 2.62. The van der Waals surface area contributed by atoms with Gasteiger partial charge >= 0.3 is 0 Å². The summed E-state index contributed by atoms with van der Waals surface area (Å²) < 4.78 is 0. The summed E-state index contributed by atoms with van der Waals surface area (Å²) in [5.74, 6) is 0.219. The Bertz CT molecular complexity index is 631. The van der Waals surface area contributed by atoms with Gasteiger partial charge in [0.05, 0.1) is 10.8 Å². The smallest absolute Gasteiger partial charge is 0.234 e. The second-order valence-electron chi connectivity index (χ2n) is 4.40. The number of aryl methyl sites for hydroxylation is 1. The van der Waals surface area contributed by atoms with E-state index >= 15 is 0 Å². The van der Waals surface area contributed by atoms with Crippen molar-refractivity contribution in [2.45, 2.75) is 11.8 Å². The number of halogens is 1. The van der Waals surface area contributed by atoms with Crippen LogP contribution in [0.25, 0.3) is 0 Å². The predicted molar refractivity (Wildman–Crippen MR) is 86.4 cm³/mol. The minimum Gasteiger partial charge on any atom is -0.399 e. The number of hydrogen-bond donors (Lipinski definition) is 2. The van der Waals surface area contributed by atoms with E-state index in [1.165, 1.54) is 11.8 Å². The molecule has 20 heavy (non-hydrogen) atoms. The summed E-state index contributed by atoms with van der Waals surface area (Å²) >= 11 is 7.42. The minimum atomic E-state index is -0.0703. The lowest BCUT2D eigenvalue weighted by Crippen LogP contribution is -2.14. The van der Waals surface area contributed by atoms with Crippen molar-refractivity contribution in [1.82, 2.24) is 0 Å². The van der Waals surface area contributed by atoms with Crippen LogP contribution in [0.4, 0.5) is 11.4 Å². The second-order valence-corrected chi connectivity index (χ2v) is 5.82. The van der Waals surface area contributed by atoms with E-state index in [1.807, 2.05) is 31.2 Å². The zero-order valence-electron chi connectivity index (χ0n) is 11.0. The molecule has 5 heteroatoms. The maximum atomic E-state index is 11.9.